The molecule has 0 saturated carbocycles. The molecule has 2 N–H and O–H groups in total. The Labute approximate surface area is 268 Å². The van der Waals surface area contributed by atoms with Gasteiger partial charge in [0.05, 0.1) is 24.7 Å². The van der Waals surface area contributed by atoms with E-state index < -0.39 is 47.3 Å². The maximum atomic E-state index is 13.6. The van der Waals surface area contributed by atoms with Crippen molar-refractivity contribution in [1.29, 1.82) is 0 Å². The molecule has 1 aromatic carbocycles. The number of aromatic nitrogens is 3. The lowest BCUT2D eigenvalue weighted by Gasteiger charge is -2.52. The molecule has 0 spiro atoms. The fourth-order valence-corrected chi connectivity index (χ4v) is 18.3. The highest BCUT2D eigenvalue weighted by Crippen LogP contribution is 2.50. The molecule has 2 aromatic rings. The Hall–Kier alpha value is -2.50. The summed E-state index contributed by atoms with van der Waals surface area (Å²) in [5.74, 6) is -1.29. The van der Waals surface area contributed by atoms with Crippen molar-refractivity contribution in [2.75, 3.05) is 6.61 Å². The number of rotatable bonds is 8. The first kappa shape index (κ1) is 34.4. The smallest absolute Gasteiger partial charge is 0.335 e. The quantitative estimate of drug-likeness (QED) is 0.292. The average Bonchev–Trinajstić information content (AvgIpc) is 3.52. The molecular formula is C30H47N5O6SSi2. The first-order valence-corrected chi connectivity index (χ1v) is 19.7. The van der Waals surface area contributed by atoms with Gasteiger partial charge in [-0.2, -0.15) is 0 Å². The van der Waals surface area contributed by atoms with E-state index in [0.717, 1.165) is 5.56 Å². The molecule has 4 rings (SSSR count). The van der Waals surface area contributed by atoms with Crippen molar-refractivity contribution in [3.8, 4) is 5.75 Å². The maximum Gasteiger partial charge on any atom is 0.335 e. The number of amides is 2. The summed E-state index contributed by atoms with van der Waals surface area (Å²) < 4.78 is 29.6. The van der Waals surface area contributed by atoms with Crippen LogP contribution in [-0.4, -0.2) is 72.4 Å². The topological polar surface area (TPSA) is 131 Å². The van der Waals surface area contributed by atoms with Crippen LogP contribution >= 0.6 is 12.2 Å². The number of likely N-dealkylation sites (tertiary alicyclic amines) is 1. The highest BCUT2D eigenvalue weighted by atomic mass is 32.1. The molecule has 2 saturated heterocycles. The van der Waals surface area contributed by atoms with Crippen LogP contribution in [-0.2, 0) is 17.8 Å². The van der Waals surface area contributed by atoms with E-state index in [1.54, 1.807) is 4.90 Å². The minimum absolute atomic E-state index is 0.0547. The minimum atomic E-state index is -3.10. The molecule has 14 heteroatoms. The molecule has 3 heterocycles. The van der Waals surface area contributed by atoms with Crippen LogP contribution in [0.25, 0.3) is 0 Å². The summed E-state index contributed by atoms with van der Waals surface area (Å²) in [7, 11) is -5.99. The number of nitrogens with zero attached hydrogens (tertiary/aromatic N) is 4. The summed E-state index contributed by atoms with van der Waals surface area (Å²) in [5, 5.41) is 4.61. The molecule has 4 atom stereocenters. The van der Waals surface area contributed by atoms with Crippen LogP contribution in [0.4, 0.5) is 0 Å². The fourth-order valence-electron chi connectivity index (χ4n) is 6.68. The van der Waals surface area contributed by atoms with Gasteiger partial charge in [-0.25, -0.2) is 9.67 Å². The molecule has 2 aliphatic heterocycles. The molecule has 2 amide bonds. The lowest BCUT2D eigenvalue weighted by molar-refractivity contribution is -0.135. The number of fused-ring (bicyclic) bond motifs is 1. The summed E-state index contributed by atoms with van der Waals surface area (Å²) in [4.78, 5) is 31.4. The number of hydrogen-bond donors (Lipinski definition) is 1. The van der Waals surface area contributed by atoms with Gasteiger partial charge in [0.1, 0.15) is 18.2 Å². The number of hydrogen-bond acceptors (Lipinski definition) is 9. The van der Waals surface area contributed by atoms with Crippen molar-refractivity contribution in [3.05, 3.63) is 42.0 Å². The van der Waals surface area contributed by atoms with Crippen molar-refractivity contribution >= 4 is 46.2 Å². The second kappa shape index (κ2) is 13.1. The van der Waals surface area contributed by atoms with Gasteiger partial charge in [0, 0.05) is 6.92 Å². The Morgan fingerprint density at radius 3 is 2.05 bits per heavy atom. The Bertz CT molecular complexity index is 1350. The minimum Gasteiger partial charge on any atom is -0.450 e. The third-order valence-electron chi connectivity index (χ3n) is 8.91. The summed E-state index contributed by atoms with van der Waals surface area (Å²) in [6.45, 7) is 20.9. The number of carbonyl (C=O) groups excluding carboxylic acids is 2. The van der Waals surface area contributed by atoms with Gasteiger partial charge in [0.2, 0.25) is 11.7 Å². The van der Waals surface area contributed by atoms with E-state index in [9.17, 15) is 9.59 Å². The van der Waals surface area contributed by atoms with Crippen LogP contribution in [0.2, 0.25) is 22.2 Å². The van der Waals surface area contributed by atoms with Gasteiger partial charge >= 0.3 is 17.1 Å². The summed E-state index contributed by atoms with van der Waals surface area (Å²) in [6, 6.07) is 7.04. The van der Waals surface area contributed by atoms with Crippen molar-refractivity contribution < 1.29 is 27.3 Å². The predicted molar refractivity (Wildman–Crippen MR) is 176 cm³/mol. The van der Waals surface area contributed by atoms with Gasteiger partial charge in [0.25, 0.3) is 5.91 Å². The van der Waals surface area contributed by atoms with E-state index in [1.807, 2.05) is 31.2 Å². The van der Waals surface area contributed by atoms with Gasteiger partial charge in [-0.1, -0.05) is 73.1 Å². The standard InChI is InChI=1S/C30H47N5O6SSi2/c1-17(2)43(18(3)4)38-15-24-26(40-44(41-43,19(5)6)20(7)8)25(30(42)39-23-13-11-21(9)12-14-23)29(35(24)22(10)36)34-16-32-28(33-34)27(31)37/h11-14,16-20,24-26,29H,15H2,1-10H3,(H2,31,37)/t24-,25-,26-,29?/m1/s1. The molecule has 242 valence electrons. The first-order valence-electron chi connectivity index (χ1n) is 15.4. The highest BCUT2D eigenvalue weighted by molar-refractivity contribution is 7.80. The highest BCUT2D eigenvalue weighted by Gasteiger charge is 2.64. The molecule has 2 fully saturated rings. The number of aryl methyl sites for hydroxylation is 1. The summed E-state index contributed by atoms with van der Waals surface area (Å²) in [5.41, 5.74) is 6.97. The van der Waals surface area contributed by atoms with Crippen LogP contribution in [0.1, 0.15) is 84.7 Å². The molecule has 0 aliphatic carbocycles. The van der Waals surface area contributed by atoms with Crippen LogP contribution in [0.5, 0.6) is 5.75 Å². The molecule has 0 bridgehead atoms. The summed E-state index contributed by atoms with van der Waals surface area (Å²) >= 11 is 6.03. The normalized spacial score (nSPS) is 24.8. The van der Waals surface area contributed by atoms with Gasteiger partial charge in [-0.05, 0) is 53.4 Å². The van der Waals surface area contributed by atoms with Crippen molar-refractivity contribution in [2.45, 2.75) is 110 Å². The Morgan fingerprint density at radius 1 is 1.00 bits per heavy atom. The second-order valence-electron chi connectivity index (χ2n) is 13.1. The molecular weight excluding hydrogens is 615 g/mol. The van der Waals surface area contributed by atoms with Gasteiger partial charge in [-0.15, -0.1) is 5.10 Å². The van der Waals surface area contributed by atoms with Crippen LogP contribution in [0.3, 0.4) is 0 Å². The third kappa shape index (κ3) is 6.16. The number of benzene rings is 1. The molecule has 11 nitrogen and oxygen atoms in total. The largest absolute Gasteiger partial charge is 0.450 e. The SMILES string of the molecule is CC(=O)N1C(n2cnc(C(N)=O)n2)[C@H](C(=S)Oc2ccc(C)cc2)[C@@H]2O[Si](C(C)C)(C(C)C)O[Si](C(C)C)(C(C)C)OC[C@H]21. The van der Waals surface area contributed by atoms with E-state index >= 15 is 0 Å². The lowest BCUT2D eigenvalue weighted by atomic mass is 10.0. The monoisotopic (exact) mass is 661 g/mol. The van der Waals surface area contributed by atoms with Crippen LogP contribution in [0.15, 0.2) is 30.6 Å². The van der Waals surface area contributed by atoms with Crippen molar-refractivity contribution in [2.24, 2.45) is 11.7 Å². The van der Waals surface area contributed by atoms with E-state index in [0.29, 0.717) is 5.75 Å². The molecule has 1 aromatic heterocycles. The number of thiocarbonyl (C=S) groups is 1. The summed E-state index contributed by atoms with van der Waals surface area (Å²) in [6.07, 6.45) is -0.0658. The van der Waals surface area contributed by atoms with Crippen molar-refractivity contribution in [1.82, 2.24) is 19.7 Å². The number of nitrogens with two attached hydrogens (primary N) is 1. The third-order valence-corrected chi connectivity index (χ3v) is 19.5. The van der Waals surface area contributed by atoms with E-state index in [1.165, 1.54) is 17.9 Å². The number of carbonyl (C=O) groups is 2. The fraction of sp³-hybridized carbons (Fsp3) is 0.633. The zero-order valence-electron chi connectivity index (χ0n) is 27.4. The number of primary amides is 1. The average molecular weight is 662 g/mol. The second-order valence-corrected chi connectivity index (χ2v) is 22.4. The predicted octanol–water partition coefficient (Wildman–Crippen LogP) is 5.39. The van der Waals surface area contributed by atoms with Gasteiger partial charge in [-0.3, -0.25) is 9.59 Å². The Kier molecular flexibility index (Phi) is 10.2. The molecule has 0 radical (unpaired) electrons. The molecule has 1 unspecified atom stereocenters. The molecule has 2 aliphatic rings. The first-order chi connectivity index (χ1) is 20.6. The zero-order chi connectivity index (χ0) is 32.7. The van der Waals surface area contributed by atoms with Crippen molar-refractivity contribution in [3.63, 3.8) is 0 Å². The lowest BCUT2D eigenvalue weighted by Crippen LogP contribution is -2.66. The van der Waals surface area contributed by atoms with E-state index in [2.05, 4.69) is 65.5 Å². The Morgan fingerprint density at radius 2 is 1.57 bits per heavy atom. The van der Waals surface area contributed by atoms with Crippen LogP contribution in [0, 0.1) is 12.8 Å². The van der Waals surface area contributed by atoms with Crippen LogP contribution < -0.4 is 10.5 Å². The van der Waals surface area contributed by atoms with E-state index in [-0.39, 0.29) is 45.6 Å². The number of ether oxygens (including phenoxy) is 1. The van der Waals surface area contributed by atoms with E-state index in [4.69, 9.17) is 35.7 Å². The molecule has 44 heavy (non-hydrogen) atoms. The van der Waals surface area contributed by atoms with Gasteiger partial charge in [0.15, 0.2) is 5.05 Å². The Balaban J connectivity index is 1.94. The maximum absolute atomic E-state index is 13.6. The van der Waals surface area contributed by atoms with Gasteiger partial charge < -0.3 is 28.3 Å². The zero-order valence-corrected chi connectivity index (χ0v) is 30.3.